The van der Waals surface area contributed by atoms with E-state index in [1.54, 1.807) is 0 Å². The molecule has 0 aliphatic rings. The number of amides is 1. The van der Waals surface area contributed by atoms with Crippen molar-refractivity contribution in [2.24, 2.45) is 0 Å². The van der Waals surface area contributed by atoms with Crippen LogP contribution in [0.25, 0.3) is 0 Å². The Kier molecular flexibility index (Phi) is 40.9. The maximum Gasteiger partial charge on any atom is 0.220 e. The van der Waals surface area contributed by atoms with Crippen LogP contribution in [-0.2, 0) is 4.79 Å². The van der Waals surface area contributed by atoms with Crippen LogP contribution in [0.2, 0.25) is 0 Å². The summed E-state index contributed by atoms with van der Waals surface area (Å²) in [4.78, 5) is 12.4. The first-order valence-electron chi connectivity index (χ1n) is 22.2. The topological polar surface area (TPSA) is 69.6 Å². The molecule has 4 heteroatoms. The highest BCUT2D eigenvalue weighted by Crippen LogP contribution is 2.15. The van der Waals surface area contributed by atoms with Gasteiger partial charge < -0.3 is 15.5 Å². The molecule has 0 aromatic carbocycles. The molecule has 294 valence electrons. The Hall–Kier alpha value is -1.39. The maximum absolute atomic E-state index is 12.4. The van der Waals surface area contributed by atoms with Crippen molar-refractivity contribution in [3.8, 4) is 0 Å². The summed E-state index contributed by atoms with van der Waals surface area (Å²) in [6.45, 7) is 4.33. The van der Waals surface area contributed by atoms with E-state index in [9.17, 15) is 15.0 Å². The molecule has 0 aromatic rings. The fourth-order valence-corrected chi connectivity index (χ4v) is 6.72. The number of aliphatic hydroxyl groups excluding tert-OH is 2. The van der Waals surface area contributed by atoms with E-state index in [1.165, 1.54) is 167 Å². The second kappa shape index (κ2) is 42.0. The molecule has 1 amide bonds. The number of hydrogen-bond donors (Lipinski definition) is 3. The quantitative estimate of drug-likeness (QED) is 0.0440. The number of carbonyl (C=O) groups is 1. The molecule has 0 radical (unpaired) electrons. The third kappa shape index (κ3) is 37.9. The fraction of sp³-hybridized carbons (Fsp3) is 0.848. The van der Waals surface area contributed by atoms with Gasteiger partial charge in [0.15, 0.2) is 0 Å². The number of carbonyl (C=O) groups excluding carboxylic acids is 1. The first kappa shape index (κ1) is 48.6. The molecule has 3 N–H and O–H groups in total. The second-order valence-corrected chi connectivity index (χ2v) is 15.1. The molecular weight excluding hydrogens is 615 g/mol. The Morgan fingerprint density at radius 2 is 0.820 bits per heavy atom. The fourth-order valence-electron chi connectivity index (χ4n) is 6.72. The van der Waals surface area contributed by atoms with E-state index >= 15 is 0 Å². The van der Waals surface area contributed by atoms with Gasteiger partial charge in [-0.25, -0.2) is 0 Å². The van der Waals surface area contributed by atoms with Gasteiger partial charge in [-0.05, 0) is 51.4 Å². The van der Waals surface area contributed by atoms with Gasteiger partial charge in [0.05, 0.1) is 18.8 Å². The predicted molar refractivity (Wildman–Crippen MR) is 221 cm³/mol. The molecule has 0 aliphatic carbocycles. The highest BCUT2D eigenvalue weighted by Gasteiger charge is 2.20. The molecular formula is C46H87NO3. The summed E-state index contributed by atoms with van der Waals surface area (Å²) >= 11 is 0. The molecule has 50 heavy (non-hydrogen) atoms. The highest BCUT2D eigenvalue weighted by atomic mass is 16.3. The van der Waals surface area contributed by atoms with E-state index in [1.807, 2.05) is 0 Å². The van der Waals surface area contributed by atoms with Crippen molar-refractivity contribution < 1.29 is 15.0 Å². The van der Waals surface area contributed by atoms with Crippen LogP contribution in [0.3, 0.4) is 0 Å². The van der Waals surface area contributed by atoms with Gasteiger partial charge >= 0.3 is 0 Å². The number of rotatable bonds is 40. The minimum atomic E-state index is -0.656. The van der Waals surface area contributed by atoms with Crippen LogP contribution in [-0.4, -0.2) is 34.9 Å². The van der Waals surface area contributed by atoms with Crippen LogP contribution in [0.4, 0.5) is 0 Å². The summed E-state index contributed by atoms with van der Waals surface area (Å²) in [5.41, 5.74) is 0. The van der Waals surface area contributed by atoms with Crippen LogP contribution in [0.5, 0.6) is 0 Å². The Morgan fingerprint density at radius 3 is 1.22 bits per heavy atom. The van der Waals surface area contributed by atoms with Gasteiger partial charge in [0, 0.05) is 6.42 Å². The SMILES string of the molecule is CCCCCCC/C=C\C/C=C\C/C=C\CCCCCCCCCCCCCCCCC(=O)NC(CO)C(O)CCCCCCCCCCC. The smallest absolute Gasteiger partial charge is 0.220 e. The first-order valence-corrected chi connectivity index (χ1v) is 22.2. The zero-order chi connectivity index (χ0) is 36.4. The Balaban J connectivity index is 3.45. The standard InChI is InChI=1S/C46H87NO3/c1-3-5-7-9-11-13-14-15-16-17-18-19-20-21-22-23-24-25-26-27-28-29-30-31-32-34-36-38-40-42-46(50)47-44(43-48)45(49)41-39-37-35-33-12-10-8-6-4-2/h14-15,17-18,20-21,44-45,48-49H,3-13,16,19,22-43H2,1-2H3,(H,47,50)/b15-14-,18-17-,21-20-. The third-order valence-electron chi connectivity index (χ3n) is 10.2. The predicted octanol–water partition coefficient (Wildman–Crippen LogP) is 13.8. The number of aliphatic hydroxyl groups is 2. The summed E-state index contributed by atoms with van der Waals surface area (Å²) in [7, 11) is 0. The lowest BCUT2D eigenvalue weighted by Crippen LogP contribution is -2.45. The van der Waals surface area contributed by atoms with Gasteiger partial charge in [0.25, 0.3) is 0 Å². The van der Waals surface area contributed by atoms with E-state index in [-0.39, 0.29) is 12.5 Å². The molecule has 0 rings (SSSR count). The van der Waals surface area contributed by atoms with E-state index < -0.39 is 12.1 Å². The number of hydrogen-bond acceptors (Lipinski definition) is 3. The largest absolute Gasteiger partial charge is 0.394 e. The van der Waals surface area contributed by atoms with Crippen molar-refractivity contribution in [3.63, 3.8) is 0 Å². The average molecular weight is 702 g/mol. The zero-order valence-electron chi connectivity index (χ0n) is 33.7. The Labute approximate surface area is 312 Å². The molecule has 0 aliphatic heterocycles. The molecule has 2 unspecified atom stereocenters. The number of allylic oxidation sites excluding steroid dienone is 6. The van der Waals surface area contributed by atoms with Crippen LogP contribution < -0.4 is 5.32 Å². The summed E-state index contributed by atoms with van der Waals surface area (Å²) in [5.74, 6) is -0.0344. The lowest BCUT2D eigenvalue weighted by molar-refractivity contribution is -0.123. The van der Waals surface area contributed by atoms with Crippen molar-refractivity contribution in [1.82, 2.24) is 5.32 Å². The van der Waals surface area contributed by atoms with Crippen molar-refractivity contribution in [2.45, 2.75) is 244 Å². The normalized spacial score (nSPS) is 13.3. The van der Waals surface area contributed by atoms with Crippen molar-refractivity contribution >= 4 is 5.91 Å². The van der Waals surface area contributed by atoms with Crippen molar-refractivity contribution in [2.75, 3.05) is 6.61 Å². The van der Waals surface area contributed by atoms with Crippen LogP contribution in [0, 0.1) is 0 Å². The molecule has 0 bridgehead atoms. The van der Waals surface area contributed by atoms with E-state index in [0.29, 0.717) is 12.8 Å². The van der Waals surface area contributed by atoms with E-state index in [2.05, 4.69) is 55.6 Å². The Bertz CT molecular complexity index is 760. The summed E-state index contributed by atoms with van der Waals surface area (Å²) in [6.07, 6.45) is 55.2. The lowest BCUT2D eigenvalue weighted by Gasteiger charge is -2.22. The minimum absolute atomic E-state index is 0.0344. The van der Waals surface area contributed by atoms with Crippen molar-refractivity contribution in [1.29, 1.82) is 0 Å². The monoisotopic (exact) mass is 702 g/mol. The summed E-state index contributed by atoms with van der Waals surface area (Å²) in [6, 6.07) is -0.533. The molecule has 0 saturated carbocycles. The number of unbranched alkanes of at least 4 members (excludes halogenated alkanes) is 27. The third-order valence-corrected chi connectivity index (χ3v) is 10.2. The Morgan fingerprint density at radius 1 is 0.480 bits per heavy atom. The molecule has 0 aromatic heterocycles. The van der Waals surface area contributed by atoms with Crippen LogP contribution in [0.15, 0.2) is 36.5 Å². The molecule has 2 atom stereocenters. The maximum atomic E-state index is 12.4. The van der Waals surface area contributed by atoms with Gasteiger partial charge in [-0.3, -0.25) is 4.79 Å². The first-order chi connectivity index (χ1) is 24.7. The van der Waals surface area contributed by atoms with Gasteiger partial charge in [0.2, 0.25) is 5.91 Å². The van der Waals surface area contributed by atoms with Crippen LogP contribution in [0.1, 0.15) is 232 Å². The number of nitrogens with one attached hydrogen (secondary N) is 1. The highest BCUT2D eigenvalue weighted by molar-refractivity contribution is 5.76. The molecule has 4 nitrogen and oxygen atoms in total. The molecule has 0 heterocycles. The van der Waals surface area contributed by atoms with E-state index in [4.69, 9.17) is 0 Å². The van der Waals surface area contributed by atoms with E-state index in [0.717, 1.165) is 38.5 Å². The summed E-state index contributed by atoms with van der Waals surface area (Å²) < 4.78 is 0. The molecule has 0 saturated heterocycles. The zero-order valence-corrected chi connectivity index (χ0v) is 33.7. The second-order valence-electron chi connectivity index (χ2n) is 15.1. The van der Waals surface area contributed by atoms with Gasteiger partial charge in [0.1, 0.15) is 0 Å². The molecule has 0 spiro atoms. The summed E-state index contributed by atoms with van der Waals surface area (Å²) in [5, 5.41) is 23.0. The van der Waals surface area contributed by atoms with Gasteiger partial charge in [-0.2, -0.15) is 0 Å². The van der Waals surface area contributed by atoms with Crippen LogP contribution >= 0.6 is 0 Å². The van der Waals surface area contributed by atoms with Gasteiger partial charge in [-0.15, -0.1) is 0 Å². The van der Waals surface area contributed by atoms with Gasteiger partial charge in [-0.1, -0.05) is 211 Å². The average Bonchev–Trinajstić information content (AvgIpc) is 3.12. The molecule has 0 fully saturated rings. The van der Waals surface area contributed by atoms with Crippen molar-refractivity contribution in [3.05, 3.63) is 36.5 Å². The minimum Gasteiger partial charge on any atom is -0.394 e. The lowest BCUT2D eigenvalue weighted by atomic mass is 10.0.